The van der Waals surface area contributed by atoms with E-state index in [0.29, 0.717) is 17.4 Å². The van der Waals surface area contributed by atoms with Gasteiger partial charge < -0.3 is 5.32 Å². The molecule has 2 nitrogen and oxygen atoms in total. The second kappa shape index (κ2) is 5.69. The molecule has 1 N–H and O–H groups in total. The SMILES string of the molecule is CC(C)(CCCl)CNc1ncc(Cl)cc1F. The predicted octanol–water partition coefficient (Wildman–Crippen LogP) is 3.94. The van der Waals surface area contributed by atoms with Gasteiger partial charge in [-0.25, -0.2) is 9.37 Å². The summed E-state index contributed by atoms with van der Waals surface area (Å²) in [5.74, 6) is 0.381. The predicted molar refractivity (Wildman–Crippen MR) is 66.8 cm³/mol. The van der Waals surface area contributed by atoms with Crippen LogP contribution >= 0.6 is 23.2 Å². The van der Waals surface area contributed by atoms with Crippen molar-refractivity contribution in [3.63, 3.8) is 0 Å². The number of nitrogens with one attached hydrogen (secondary N) is 1. The Morgan fingerprint density at radius 2 is 2.19 bits per heavy atom. The van der Waals surface area contributed by atoms with Crippen molar-refractivity contribution < 1.29 is 4.39 Å². The average molecular weight is 265 g/mol. The lowest BCUT2D eigenvalue weighted by molar-refractivity contribution is 0.378. The molecule has 0 bridgehead atoms. The molecule has 1 aromatic heterocycles. The number of alkyl halides is 1. The number of hydrogen-bond acceptors (Lipinski definition) is 2. The molecule has 0 aliphatic heterocycles. The molecule has 1 rings (SSSR count). The topological polar surface area (TPSA) is 24.9 Å². The zero-order valence-corrected chi connectivity index (χ0v) is 10.9. The lowest BCUT2D eigenvalue weighted by Crippen LogP contribution is -2.24. The van der Waals surface area contributed by atoms with Crippen LogP contribution in [-0.2, 0) is 0 Å². The lowest BCUT2D eigenvalue weighted by Gasteiger charge is -2.24. The van der Waals surface area contributed by atoms with Crippen LogP contribution in [0.5, 0.6) is 0 Å². The fraction of sp³-hybridized carbons (Fsp3) is 0.545. The van der Waals surface area contributed by atoms with Gasteiger partial charge in [0.1, 0.15) is 0 Å². The van der Waals surface area contributed by atoms with E-state index < -0.39 is 5.82 Å². The Hall–Kier alpha value is -0.540. The van der Waals surface area contributed by atoms with Gasteiger partial charge in [-0.05, 0) is 17.9 Å². The van der Waals surface area contributed by atoms with E-state index in [9.17, 15) is 4.39 Å². The number of aromatic nitrogens is 1. The first-order chi connectivity index (χ1) is 7.44. The van der Waals surface area contributed by atoms with Crippen molar-refractivity contribution in [1.82, 2.24) is 4.98 Å². The Kier molecular flexibility index (Phi) is 4.81. The zero-order chi connectivity index (χ0) is 12.2. The van der Waals surface area contributed by atoms with Crippen LogP contribution in [0.25, 0.3) is 0 Å². The molecule has 0 aliphatic carbocycles. The highest BCUT2D eigenvalue weighted by Crippen LogP contribution is 2.22. The van der Waals surface area contributed by atoms with Crippen LogP contribution in [0.3, 0.4) is 0 Å². The smallest absolute Gasteiger partial charge is 0.166 e. The van der Waals surface area contributed by atoms with Crippen molar-refractivity contribution in [1.29, 1.82) is 0 Å². The second-order valence-corrected chi connectivity index (χ2v) is 5.26. The summed E-state index contributed by atoms with van der Waals surface area (Å²) >= 11 is 11.3. The first kappa shape index (κ1) is 13.5. The summed E-state index contributed by atoms with van der Waals surface area (Å²) in [4.78, 5) is 3.89. The maximum Gasteiger partial charge on any atom is 0.166 e. The van der Waals surface area contributed by atoms with E-state index in [1.165, 1.54) is 12.3 Å². The average Bonchev–Trinajstić information content (AvgIpc) is 2.16. The molecule has 0 fully saturated rings. The minimum atomic E-state index is -0.436. The molecule has 16 heavy (non-hydrogen) atoms. The number of nitrogens with zero attached hydrogens (tertiary/aromatic N) is 1. The Morgan fingerprint density at radius 1 is 1.50 bits per heavy atom. The molecule has 90 valence electrons. The van der Waals surface area contributed by atoms with Gasteiger partial charge >= 0.3 is 0 Å². The Morgan fingerprint density at radius 3 is 2.75 bits per heavy atom. The molecular weight excluding hydrogens is 250 g/mol. The molecule has 0 amide bonds. The zero-order valence-electron chi connectivity index (χ0n) is 9.36. The van der Waals surface area contributed by atoms with E-state index in [0.717, 1.165) is 6.42 Å². The maximum absolute atomic E-state index is 13.4. The van der Waals surface area contributed by atoms with Crippen molar-refractivity contribution >= 4 is 29.0 Å². The van der Waals surface area contributed by atoms with Gasteiger partial charge in [0.15, 0.2) is 11.6 Å². The summed E-state index contributed by atoms with van der Waals surface area (Å²) in [5.41, 5.74) is 0.00943. The van der Waals surface area contributed by atoms with Crippen LogP contribution in [0, 0.1) is 11.2 Å². The van der Waals surface area contributed by atoms with Crippen LogP contribution in [0.15, 0.2) is 12.3 Å². The van der Waals surface area contributed by atoms with Crippen LogP contribution in [0.1, 0.15) is 20.3 Å². The van der Waals surface area contributed by atoms with Crippen molar-refractivity contribution in [2.24, 2.45) is 5.41 Å². The lowest BCUT2D eigenvalue weighted by atomic mass is 9.90. The minimum Gasteiger partial charge on any atom is -0.367 e. The first-order valence-electron chi connectivity index (χ1n) is 5.05. The van der Waals surface area contributed by atoms with Crippen LogP contribution in [0.2, 0.25) is 5.02 Å². The van der Waals surface area contributed by atoms with Crippen LogP contribution in [-0.4, -0.2) is 17.4 Å². The monoisotopic (exact) mass is 264 g/mol. The summed E-state index contributed by atoms with van der Waals surface area (Å²) in [6.07, 6.45) is 2.28. The molecule has 1 heterocycles. The third-order valence-electron chi connectivity index (χ3n) is 2.31. The molecule has 5 heteroatoms. The number of anilines is 1. The quantitative estimate of drug-likeness (QED) is 0.815. The maximum atomic E-state index is 13.4. The van der Waals surface area contributed by atoms with Gasteiger partial charge in [-0.1, -0.05) is 25.4 Å². The molecule has 0 saturated carbocycles. The normalized spacial score (nSPS) is 11.6. The van der Waals surface area contributed by atoms with Gasteiger partial charge in [-0.3, -0.25) is 0 Å². The summed E-state index contributed by atoms with van der Waals surface area (Å²) < 4.78 is 13.4. The molecule has 0 aromatic carbocycles. The van der Waals surface area contributed by atoms with Gasteiger partial charge in [0.25, 0.3) is 0 Å². The van der Waals surface area contributed by atoms with E-state index in [1.54, 1.807) is 0 Å². The number of rotatable bonds is 5. The highest BCUT2D eigenvalue weighted by molar-refractivity contribution is 6.30. The van der Waals surface area contributed by atoms with Gasteiger partial charge in [0, 0.05) is 18.6 Å². The summed E-state index contributed by atoms with van der Waals surface area (Å²) in [6, 6.07) is 1.24. The fourth-order valence-corrected chi connectivity index (χ4v) is 1.87. The third kappa shape index (κ3) is 4.14. The number of pyridine rings is 1. The van der Waals surface area contributed by atoms with Crippen molar-refractivity contribution in [3.05, 3.63) is 23.1 Å². The number of hydrogen-bond donors (Lipinski definition) is 1. The van der Waals surface area contributed by atoms with Gasteiger partial charge in [0.05, 0.1) is 5.02 Å². The van der Waals surface area contributed by atoms with Crippen molar-refractivity contribution in [2.75, 3.05) is 17.7 Å². The van der Waals surface area contributed by atoms with E-state index in [4.69, 9.17) is 23.2 Å². The van der Waals surface area contributed by atoms with Gasteiger partial charge in [-0.2, -0.15) is 0 Å². The molecule has 0 spiro atoms. The standard InChI is InChI=1S/C11H15Cl2FN2/c1-11(2,3-4-12)7-16-10-9(14)5-8(13)6-15-10/h5-6H,3-4,7H2,1-2H3,(H,15,16). The van der Waals surface area contributed by atoms with Gasteiger partial charge in [-0.15, -0.1) is 11.6 Å². The summed E-state index contributed by atoms with van der Waals surface area (Å²) in [6.45, 7) is 4.75. The highest BCUT2D eigenvalue weighted by atomic mass is 35.5. The summed E-state index contributed by atoms with van der Waals surface area (Å²) in [7, 11) is 0. The molecular formula is C11H15Cl2FN2. The van der Waals surface area contributed by atoms with Crippen LogP contribution in [0.4, 0.5) is 10.2 Å². The molecule has 0 radical (unpaired) electrons. The fourth-order valence-electron chi connectivity index (χ4n) is 1.21. The summed E-state index contributed by atoms with van der Waals surface area (Å²) in [5, 5.41) is 3.26. The molecule has 1 aromatic rings. The van der Waals surface area contributed by atoms with E-state index in [2.05, 4.69) is 24.1 Å². The van der Waals surface area contributed by atoms with E-state index in [-0.39, 0.29) is 11.2 Å². The molecule has 0 unspecified atom stereocenters. The number of halogens is 3. The molecule has 0 aliphatic rings. The largest absolute Gasteiger partial charge is 0.367 e. The van der Waals surface area contributed by atoms with Gasteiger partial charge in [0.2, 0.25) is 0 Å². The molecule has 0 saturated heterocycles. The van der Waals surface area contributed by atoms with Crippen molar-refractivity contribution in [3.8, 4) is 0 Å². The first-order valence-corrected chi connectivity index (χ1v) is 5.97. The second-order valence-electron chi connectivity index (χ2n) is 4.44. The van der Waals surface area contributed by atoms with Crippen LogP contribution < -0.4 is 5.32 Å². The Balaban J connectivity index is 2.61. The molecule has 0 atom stereocenters. The Bertz CT molecular complexity index is 356. The van der Waals surface area contributed by atoms with E-state index >= 15 is 0 Å². The van der Waals surface area contributed by atoms with E-state index in [1.807, 2.05) is 0 Å². The van der Waals surface area contributed by atoms with Crippen molar-refractivity contribution in [2.45, 2.75) is 20.3 Å². The Labute approximate surface area is 105 Å². The minimum absolute atomic E-state index is 0.00943. The third-order valence-corrected chi connectivity index (χ3v) is 2.71. The highest BCUT2D eigenvalue weighted by Gasteiger charge is 2.17.